The molecule has 11 rings (SSSR count). The lowest BCUT2D eigenvalue weighted by Crippen LogP contribution is -2.10. The van der Waals surface area contributed by atoms with Gasteiger partial charge in [-0.15, -0.1) is 22.7 Å². The fourth-order valence-electron chi connectivity index (χ4n) is 8.31. The van der Waals surface area contributed by atoms with E-state index >= 15 is 0 Å². The summed E-state index contributed by atoms with van der Waals surface area (Å²) >= 11 is 3.77. The van der Waals surface area contributed by atoms with Gasteiger partial charge in [-0.25, -0.2) is 0 Å². The van der Waals surface area contributed by atoms with Gasteiger partial charge in [0.25, 0.3) is 0 Å². The minimum Gasteiger partial charge on any atom is -0.309 e. The maximum Gasteiger partial charge on any atom is 0.0640 e. The van der Waals surface area contributed by atoms with Gasteiger partial charge in [-0.3, -0.25) is 0 Å². The fraction of sp³-hybridized carbons (Fsp3) is 0. The minimum atomic E-state index is 1.13. The normalized spacial score (nSPS) is 11.6. The predicted molar refractivity (Wildman–Crippen MR) is 241 cm³/mol. The molecule has 55 heavy (non-hydrogen) atoms. The largest absolute Gasteiger partial charge is 0.309 e. The lowest BCUT2D eigenvalue weighted by Gasteiger charge is -2.26. The van der Waals surface area contributed by atoms with E-state index in [0.717, 1.165) is 11.4 Å². The third-order valence-electron chi connectivity index (χ3n) is 10.9. The molecule has 0 aliphatic heterocycles. The van der Waals surface area contributed by atoms with Gasteiger partial charge in [0.05, 0.1) is 10.4 Å². The molecular formula is C52H33NS2. The number of nitrogens with zero attached hydrogens (tertiary/aromatic N) is 1. The van der Waals surface area contributed by atoms with Gasteiger partial charge in [-0.1, -0.05) is 164 Å². The molecule has 9 aromatic carbocycles. The molecule has 0 fully saturated rings. The smallest absolute Gasteiger partial charge is 0.0640 e. The van der Waals surface area contributed by atoms with Gasteiger partial charge in [0.2, 0.25) is 0 Å². The third-order valence-corrected chi connectivity index (χ3v) is 13.3. The van der Waals surface area contributed by atoms with Gasteiger partial charge < -0.3 is 4.90 Å². The molecule has 0 saturated heterocycles. The highest BCUT2D eigenvalue weighted by molar-refractivity contribution is 7.27. The zero-order valence-corrected chi connectivity index (χ0v) is 31.4. The monoisotopic (exact) mass is 735 g/mol. The summed E-state index contributed by atoms with van der Waals surface area (Å²) in [6.45, 7) is 0. The second-order valence-corrected chi connectivity index (χ2v) is 16.1. The van der Waals surface area contributed by atoms with Crippen molar-refractivity contribution >= 4 is 90.9 Å². The molecule has 2 heterocycles. The number of hydrogen-bond donors (Lipinski definition) is 0. The maximum atomic E-state index is 2.47. The van der Waals surface area contributed by atoms with E-state index < -0.39 is 0 Å². The Balaban J connectivity index is 1.16. The molecule has 0 unspecified atom stereocenters. The third kappa shape index (κ3) is 5.35. The Morgan fingerprint density at radius 2 is 0.927 bits per heavy atom. The van der Waals surface area contributed by atoms with Crippen LogP contribution in [0, 0.1) is 0 Å². The van der Waals surface area contributed by atoms with E-state index in [-0.39, 0.29) is 0 Å². The van der Waals surface area contributed by atoms with E-state index in [0.29, 0.717) is 0 Å². The first-order chi connectivity index (χ1) is 27.3. The Morgan fingerprint density at radius 1 is 0.327 bits per heavy atom. The zero-order chi connectivity index (χ0) is 36.3. The van der Waals surface area contributed by atoms with Gasteiger partial charge >= 0.3 is 0 Å². The van der Waals surface area contributed by atoms with Crippen molar-refractivity contribution in [3.05, 3.63) is 200 Å². The minimum absolute atomic E-state index is 1.13. The van der Waals surface area contributed by atoms with Gasteiger partial charge in [0.1, 0.15) is 0 Å². The van der Waals surface area contributed by atoms with E-state index in [1.54, 1.807) is 0 Å². The van der Waals surface area contributed by atoms with Crippen LogP contribution in [0.2, 0.25) is 0 Å². The van der Waals surface area contributed by atoms with Crippen LogP contribution in [0.25, 0.3) is 84.5 Å². The summed E-state index contributed by atoms with van der Waals surface area (Å²) in [5, 5.41) is 7.71. The van der Waals surface area contributed by atoms with Crippen LogP contribution in [0.3, 0.4) is 0 Å². The Kier molecular flexibility index (Phi) is 7.61. The lowest BCUT2D eigenvalue weighted by atomic mass is 9.95. The summed E-state index contributed by atoms with van der Waals surface area (Å²) in [6, 6.07) is 73.3. The fourth-order valence-corrected chi connectivity index (χ4v) is 10.8. The van der Waals surface area contributed by atoms with Gasteiger partial charge in [0.15, 0.2) is 0 Å². The van der Waals surface area contributed by atoms with E-state index in [9.17, 15) is 0 Å². The highest BCUT2D eigenvalue weighted by atomic mass is 32.1. The average molecular weight is 736 g/mol. The van der Waals surface area contributed by atoms with Crippen molar-refractivity contribution < 1.29 is 0 Å². The number of thiophene rings is 2. The van der Waals surface area contributed by atoms with Gasteiger partial charge in [0, 0.05) is 47.0 Å². The van der Waals surface area contributed by atoms with Crippen molar-refractivity contribution in [1.29, 1.82) is 0 Å². The molecule has 0 radical (unpaired) electrons. The second kappa shape index (κ2) is 13.1. The Morgan fingerprint density at radius 3 is 1.75 bits per heavy atom. The summed E-state index contributed by atoms with van der Waals surface area (Å²) in [5.74, 6) is 0. The quantitative estimate of drug-likeness (QED) is 0.164. The molecule has 1 nitrogen and oxygen atoms in total. The average Bonchev–Trinajstić information content (AvgIpc) is 3.83. The van der Waals surface area contributed by atoms with Crippen LogP contribution in [0.4, 0.5) is 17.1 Å². The number of fused-ring (bicyclic) bond motifs is 7. The molecule has 0 aliphatic rings. The Bertz CT molecular complexity index is 3190. The van der Waals surface area contributed by atoms with Crippen molar-refractivity contribution in [2.45, 2.75) is 0 Å². The maximum absolute atomic E-state index is 2.47. The van der Waals surface area contributed by atoms with E-state index in [4.69, 9.17) is 0 Å². The van der Waals surface area contributed by atoms with Crippen LogP contribution in [-0.2, 0) is 0 Å². The molecular weight excluding hydrogens is 703 g/mol. The standard InChI is InChI=1S/C52H33NS2/c1-3-13-35(14-4-1)42-31-32-43(36-15-5-2-6-16-36)52-50(42)46-22-12-23-47(51(46)55-52)53(39-29-30-45-44-20-9-10-24-48(44)54-49(45)33-39)38-27-25-37(26-28-38)41-21-11-18-34-17-7-8-19-40(34)41/h1-33H. The van der Waals surface area contributed by atoms with Crippen LogP contribution in [0.5, 0.6) is 0 Å². The van der Waals surface area contributed by atoms with Crippen LogP contribution in [0.1, 0.15) is 0 Å². The first kappa shape index (κ1) is 32.0. The summed E-state index contributed by atoms with van der Waals surface area (Å²) in [5.41, 5.74) is 10.9. The second-order valence-electron chi connectivity index (χ2n) is 14.0. The van der Waals surface area contributed by atoms with E-state index in [1.807, 2.05) is 22.7 Å². The summed E-state index contributed by atoms with van der Waals surface area (Å²) < 4.78 is 5.18. The molecule has 258 valence electrons. The zero-order valence-electron chi connectivity index (χ0n) is 29.8. The van der Waals surface area contributed by atoms with E-state index in [1.165, 1.54) is 90.2 Å². The number of anilines is 3. The SMILES string of the molecule is c1ccc(-c2ccc(-c3ccccc3)c3c2sc2c(N(c4ccc(-c5cccc6ccccc56)cc4)c4ccc5c(c4)sc4ccccc45)cccc23)cc1. The van der Waals surface area contributed by atoms with Crippen LogP contribution >= 0.6 is 22.7 Å². The highest BCUT2D eigenvalue weighted by Gasteiger charge is 2.22. The summed E-state index contributed by atoms with van der Waals surface area (Å²) in [4.78, 5) is 2.47. The number of benzene rings is 9. The van der Waals surface area contributed by atoms with Crippen LogP contribution in [-0.4, -0.2) is 0 Å². The molecule has 0 aliphatic carbocycles. The molecule has 0 N–H and O–H groups in total. The highest BCUT2D eigenvalue weighted by Crippen LogP contribution is 2.50. The Hall–Kier alpha value is -6.52. The summed E-state index contributed by atoms with van der Waals surface area (Å²) in [7, 11) is 0. The number of rotatable bonds is 6. The molecule has 11 aromatic rings. The molecule has 0 bridgehead atoms. The van der Waals surface area contributed by atoms with Crippen molar-refractivity contribution in [2.75, 3.05) is 4.90 Å². The lowest BCUT2D eigenvalue weighted by molar-refractivity contribution is 1.31. The van der Waals surface area contributed by atoms with Gasteiger partial charge in [-0.2, -0.15) is 0 Å². The van der Waals surface area contributed by atoms with Crippen molar-refractivity contribution in [3.8, 4) is 33.4 Å². The summed E-state index contributed by atoms with van der Waals surface area (Å²) in [6.07, 6.45) is 0. The first-order valence-electron chi connectivity index (χ1n) is 18.7. The number of hydrogen-bond acceptors (Lipinski definition) is 3. The predicted octanol–water partition coefficient (Wildman–Crippen LogP) is 16.0. The molecule has 2 aromatic heterocycles. The molecule has 3 heteroatoms. The topological polar surface area (TPSA) is 3.24 Å². The molecule has 0 amide bonds. The van der Waals surface area contributed by atoms with Crippen molar-refractivity contribution in [3.63, 3.8) is 0 Å². The van der Waals surface area contributed by atoms with Crippen LogP contribution < -0.4 is 4.90 Å². The van der Waals surface area contributed by atoms with E-state index in [2.05, 4.69) is 205 Å². The molecule has 0 atom stereocenters. The van der Waals surface area contributed by atoms with Crippen molar-refractivity contribution in [1.82, 2.24) is 0 Å². The molecule has 0 spiro atoms. The van der Waals surface area contributed by atoms with Crippen LogP contribution in [0.15, 0.2) is 200 Å². The van der Waals surface area contributed by atoms with Gasteiger partial charge in [-0.05, 0) is 80.6 Å². The van der Waals surface area contributed by atoms with Crippen molar-refractivity contribution in [2.24, 2.45) is 0 Å². The first-order valence-corrected chi connectivity index (χ1v) is 20.3. The molecule has 0 saturated carbocycles. The Labute approximate surface area is 327 Å².